The molecule has 0 aliphatic carbocycles. The van der Waals surface area contributed by atoms with E-state index in [4.69, 9.17) is 16.3 Å². The molecular weight excluding hydrogens is 302 g/mol. The maximum atomic E-state index is 6.01. The molecule has 0 fully saturated rings. The lowest BCUT2D eigenvalue weighted by Gasteiger charge is -2.11. The molecule has 0 spiro atoms. The van der Waals surface area contributed by atoms with Crippen LogP contribution in [0.3, 0.4) is 0 Å². The van der Waals surface area contributed by atoms with E-state index in [1.807, 2.05) is 0 Å². The third-order valence-electron chi connectivity index (χ3n) is 2.99. The van der Waals surface area contributed by atoms with Crippen LogP contribution in [0.1, 0.15) is 20.3 Å². The van der Waals surface area contributed by atoms with Crippen LogP contribution in [0.15, 0.2) is 24.4 Å². The average Bonchev–Trinajstić information content (AvgIpc) is 2.47. The maximum Gasteiger partial charge on any atom is 0.249 e. The molecule has 118 valence electrons. The number of aromatic nitrogens is 3. The van der Waals surface area contributed by atoms with E-state index in [0.29, 0.717) is 34.1 Å². The molecule has 0 amide bonds. The van der Waals surface area contributed by atoms with E-state index in [0.717, 1.165) is 13.0 Å². The normalized spacial score (nSPS) is 10.6. The average molecular weight is 322 g/mol. The van der Waals surface area contributed by atoms with Gasteiger partial charge in [-0.05, 0) is 30.5 Å². The Morgan fingerprint density at radius 2 is 2.14 bits per heavy atom. The molecular formula is C15H20ClN5O. The van der Waals surface area contributed by atoms with Gasteiger partial charge in [0.05, 0.1) is 19.0 Å². The van der Waals surface area contributed by atoms with E-state index < -0.39 is 0 Å². The predicted molar refractivity (Wildman–Crippen MR) is 89.1 cm³/mol. The Hall–Kier alpha value is -2.08. The van der Waals surface area contributed by atoms with Crippen LogP contribution >= 0.6 is 11.6 Å². The van der Waals surface area contributed by atoms with Crippen molar-refractivity contribution in [1.82, 2.24) is 15.2 Å². The highest BCUT2D eigenvalue weighted by atomic mass is 35.5. The van der Waals surface area contributed by atoms with Crippen LogP contribution < -0.4 is 15.4 Å². The van der Waals surface area contributed by atoms with E-state index in [1.54, 1.807) is 31.5 Å². The van der Waals surface area contributed by atoms with Gasteiger partial charge in [-0.15, -0.1) is 5.10 Å². The number of hydrogen-bond donors (Lipinski definition) is 2. The van der Waals surface area contributed by atoms with Crippen molar-refractivity contribution >= 4 is 29.1 Å². The molecule has 2 N–H and O–H groups in total. The number of hydrogen-bond acceptors (Lipinski definition) is 6. The molecule has 2 aromatic rings. The first kappa shape index (κ1) is 16.3. The molecule has 6 nitrogen and oxygen atoms in total. The van der Waals surface area contributed by atoms with Crippen molar-refractivity contribution in [2.45, 2.75) is 20.3 Å². The molecule has 0 radical (unpaired) electrons. The first-order valence-corrected chi connectivity index (χ1v) is 7.50. The van der Waals surface area contributed by atoms with Crippen LogP contribution in [-0.4, -0.2) is 28.8 Å². The van der Waals surface area contributed by atoms with Gasteiger partial charge < -0.3 is 15.4 Å². The second-order valence-electron chi connectivity index (χ2n) is 5.24. The van der Waals surface area contributed by atoms with Gasteiger partial charge in [-0.1, -0.05) is 25.4 Å². The molecule has 0 atom stereocenters. The fourth-order valence-electron chi connectivity index (χ4n) is 1.83. The number of rotatable bonds is 7. The van der Waals surface area contributed by atoms with Crippen LogP contribution in [0.4, 0.5) is 17.5 Å². The van der Waals surface area contributed by atoms with Crippen molar-refractivity contribution < 1.29 is 4.74 Å². The minimum absolute atomic E-state index is 0.384. The lowest BCUT2D eigenvalue weighted by Crippen LogP contribution is -2.08. The Morgan fingerprint density at radius 3 is 2.86 bits per heavy atom. The number of halogens is 1. The van der Waals surface area contributed by atoms with E-state index in [-0.39, 0.29) is 0 Å². The fraction of sp³-hybridized carbons (Fsp3) is 0.400. The standard InChI is InChI=1S/C15H20ClN5O/c1-10(2)6-7-17-14-9-18-21-15(20-14)19-12-8-11(16)4-5-13(12)22-3/h4-5,8-10H,6-7H2,1-3H3,(H2,17,19,20,21). The molecule has 2 rings (SSSR count). The third kappa shape index (κ3) is 4.73. The topological polar surface area (TPSA) is 72.0 Å². The summed E-state index contributed by atoms with van der Waals surface area (Å²) in [4.78, 5) is 4.38. The molecule has 22 heavy (non-hydrogen) atoms. The summed E-state index contributed by atoms with van der Waals surface area (Å²) in [5, 5.41) is 14.8. The minimum Gasteiger partial charge on any atom is -0.495 e. The van der Waals surface area contributed by atoms with Crippen LogP contribution in [0, 0.1) is 5.92 Å². The van der Waals surface area contributed by atoms with Gasteiger partial charge in [0.25, 0.3) is 0 Å². The van der Waals surface area contributed by atoms with Crippen LogP contribution in [0.25, 0.3) is 0 Å². The minimum atomic E-state index is 0.384. The zero-order chi connectivity index (χ0) is 15.9. The number of methoxy groups -OCH3 is 1. The van der Waals surface area contributed by atoms with Crippen molar-refractivity contribution in [2.75, 3.05) is 24.3 Å². The fourth-order valence-corrected chi connectivity index (χ4v) is 2.00. The Bertz CT molecular complexity index is 621. The predicted octanol–water partition coefficient (Wildman–Crippen LogP) is 3.74. The highest BCUT2D eigenvalue weighted by Gasteiger charge is 2.07. The Morgan fingerprint density at radius 1 is 1.32 bits per heavy atom. The number of benzene rings is 1. The van der Waals surface area contributed by atoms with E-state index in [9.17, 15) is 0 Å². The molecule has 0 saturated carbocycles. The number of ether oxygens (including phenoxy) is 1. The molecule has 0 aliphatic heterocycles. The van der Waals surface area contributed by atoms with E-state index in [1.165, 1.54) is 0 Å². The Balaban J connectivity index is 2.08. The molecule has 1 aromatic carbocycles. The summed E-state index contributed by atoms with van der Waals surface area (Å²) in [5.41, 5.74) is 0.691. The highest BCUT2D eigenvalue weighted by molar-refractivity contribution is 6.30. The summed E-state index contributed by atoms with van der Waals surface area (Å²) in [5.74, 6) is 2.36. The first-order chi connectivity index (χ1) is 10.6. The summed E-state index contributed by atoms with van der Waals surface area (Å²) >= 11 is 6.01. The Kier molecular flexibility index (Phi) is 5.77. The van der Waals surface area contributed by atoms with Crippen LogP contribution in [0.5, 0.6) is 5.75 Å². The van der Waals surface area contributed by atoms with Crippen molar-refractivity contribution in [3.05, 3.63) is 29.4 Å². The quantitative estimate of drug-likeness (QED) is 0.809. The highest BCUT2D eigenvalue weighted by Crippen LogP contribution is 2.29. The van der Waals surface area contributed by atoms with Gasteiger partial charge in [-0.25, -0.2) is 0 Å². The van der Waals surface area contributed by atoms with Gasteiger partial charge in [0, 0.05) is 11.6 Å². The largest absolute Gasteiger partial charge is 0.495 e. The smallest absolute Gasteiger partial charge is 0.249 e. The number of nitrogens with zero attached hydrogens (tertiary/aromatic N) is 3. The summed E-state index contributed by atoms with van der Waals surface area (Å²) in [7, 11) is 1.59. The molecule has 1 aromatic heterocycles. The van der Waals surface area contributed by atoms with Gasteiger partial charge in [0.2, 0.25) is 5.95 Å². The number of nitrogens with one attached hydrogen (secondary N) is 2. The van der Waals surface area contributed by atoms with Crippen molar-refractivity contribution in [3.63, 3.8) is 0 Å². The van der Waals surface area contributed by atoms with Crippen LogP contribution in [0.2, 0.25) is 5.02 Å². The van der Waals surface area contributed by atoms with Crippen molar-refractivity contribution in [1.29, 1.82) is 0 Å². The zero-order valence-corrected chi connectivity index (χ0v) is 13.7. The zero-order valence-electron chi connectivity index (χ0n) is 12.9. The van der Waals surface area contributed by atoms with E-state index in [2.05, 4.69) is 39.7 Å². The molecule has 0 unspecified atom stereocenters. The van der Waals surface area contributed by atoms with Gasteiger partial charge in [-0.3, -0.25) is 0 Å². The van der Waals surface area contributed by atoms with Gasteiger partial charge in [0.15, 0.2) is 5.82 Å². The SMILES string of the molecule is COc1ccc(Cl)cc1Nc1nncc(NCCC(C)C)n1. The molecule has 1 heterocycles. The van der Waals surface area contributed by atoms with Crippen LogP contribution in [-0.2, 0) is 0 Å². The second-order valence-corrected chi connectivity index (χ2v) is 5.68. The molecule has 0 bridgehead atoms. The lowest BCUT2D eigenvalue weighted by molar-refractivity contribution is 0.417. The summed E-state index contributed by atoms with van der Waals surface area (Å²) in [6.07, 6.45) is 2.66. The third-order valence-corrected chi connectivity index (χ3v) is 3.23. The lowest BCUT2D eigenvalue weighted by atomic mass is 10.1. The maximum absolute atomic E-state index is 6.01. The molecule has 0 aliphatic rings. The summed E-state index contributed by atoms with van der Waals surface area (Å²) < 4.78 is 5.28. The van der Waals surface area contributed by atoms with Crippen molar-refractivity contribution in [2.24, 2.45) is 5.92 Å². The van der Waals surface area contributed by atoms with Gasteiger partial charge in [0.1, 0.15) is 5.75 Å². The summed E-state index contributed by atoms with van der Waals surface area (Å²) in [6, 6.07) is 5.29. The Labute approximate surface area is 135 Å². The second kappa shape index (κ2) is 7.79. The molecule has 7 heteroatoms. The van der Waals surface area contributed by atoms with Gasteiger partial charge in [-0.2, -0.15) is 10.1 Å². The molecule has 0 saturated heterocycles. The van der Waals surface area contributed by atoms with Crippen molar-refractivity contribution in [3.8, 4) is 5.75 Å². The van der Waals surface area contributed by atoms with Gasteiger partial charge >= 0.3 is 0 Å². The first-order valence-electron chi connectivity index (χ1n) is 7.12. The monoisotopic (exact) mass is 321 g/mol. The van der Waals surface area contributed by atoms with E-state index >= 15 is 0 Å². The summed E-state index contributed by atoms with van der Waals surface area (Å²) in [6.45, 7) is 5.20. The number of anilines is 3.